The fraction of sp³-hybridized carbons (Fsp3) is 0.333. The van der Waals surface area contributed by atoms with Crippen molar-refractivity contribution >= 4 is 57.5 Å². The number of anilines is 2. The van der Waals surface area contributed by atoms with Crippen LogP contribution in [0.2, 0.25) is 0 Å². The van der Waals surface area contributed by atoms with Crippen LogP contribution in [0.1, 0.15) is 50.8 Å². The van der Waals surface area contributed by atoms with Crippen molar-refractivity contribution in [3.63, 3.8) is 0 Å². The summed E-state index contributed by atoms with van der Waals surface area (Å²) < 4.78 is 0. The van der Waals surface area contributed by atoms with E-state index in [-0.39, 0.29) is 39.9 Å². The van der Waals surface area contributed by atoms with E-state index < -0.39 is 29.3 Å². The largest absolute Gasteiger partial charge is 0.352 e. The van der Waals surface area contributed by atoms with E-state index in [9.17, 15) is 28.8 Å². The molecular weight excluding hydrogens is 668 g/mol. The van der Waals surface area contributed by atoms with Gasteiger partial charge in [0.2, 0.25) is 6.04 Å². The van der Waals surface area contributed by atoms with Crippen molar-refractivity contribution < 1.29 is 24.0 Å². The molecule has 0 bridgehead atoms. The van der Waals surface area contributed by atoms with Crippen LogP contribution in [0, 0.1) is 0 Å². The third kappa shape index (κ3) is 11.5. The number of carbonyl (C=O) groups is 5. The number of ketones is 1. The average Bonchev–Trinajstić information content (AvgIpc) is 3.47. The first-order valence-corrected chi connectivity index (χ1v) is 16.7. The van der Waals surface area contributed by atoms with Crippen LogP contribution in [-0.2, 0) is 9.59 Å². The Morgan fingerprint density at radius 1 is 0.673 bits per heavy atom. The molecule has 0 fully saturated rings. The Balaban J connectivity index is 1.44. The number of amides is 4. The molecule has 1 aromatic heterocycles. The highest BCUT2D eigenvalue weighted by Crippen LogP contribution is 2.20. The van der Waals surface area contributed by atoms with Gasteiger partial charge in [-0.1, -0.05) is 0 Å². The SMILES string of the molecule is CC(=O)C(N=Nc1ccc(C(=O)Nc2cc(C(=O)NCCCN(C)C)cc(C(=O)NCCCN(C)C)c2)cc1)C(=O)Nc1ccc2[nH]c(=O)[nH]c2c1. The summed E-state index contributed by atoms with van der Waals surface area (Å²) in [6.45, 7) is 3.68. The summed E-state index contributed by atoms with van der Waals surface area (Å²) in [6, 6.07) is 13.8. The molecule has 0 spiro atoms. The third-order valence-corrected chi connectivity index (χ3v) is 7.69. The van der Waals surface area contributed by atoms with E-state index in [1.165, 1.54) is 49.4 Å². The van der Waals surface area contributed by atoms with E-state index in [0.717, 1.165) is 25.9 Å². The second-order valence-corrected chi connectivity index (χ2v) is 12.7. The molecule has 1 unspecified atom stereocenters. The Morgan fingerprint density at radius 2 is 1.25 bits per heavy atom. The molecule has 0 saturated heterocycles. The van der Waals surface area contributed by atoms with Crippen LogP contribution in [-0.4, -0.2) is 110 Å². The van der Waals surface area contributed by atoms with Gasteiger partial charge >= 0.3 is 5.69 Å². The van der Waals surface area contributed by atoms with Crippen LogP contribution >= 0.6 is 0 Å². The highest BCUT2D eigenvalue weighted by molar-refractivity contribution is 6.10. The predicted octanol–water partition coefficient (Wildman–Crippen LogP) is 3.15. The van der Waals surface area contributed by atoms with Gasteiger partial charge in [0.05, 0.1) is 16.7 Å². The Morgan fingerprint density at radius 3 is 1.81 bits per heavy atom. The van der Waals surface area contributed by atoms with Gasteiger partial charge in [-0.3, -0.25) is 24.0 Å². The number of carbonyl (C=O) groups excluding carboxylic acids is 5. The summed E-state index contributed by atoms with van der Waals surface area (Å²) in [6.07, 6.45) is 1.48. The molecule has 0 aliphatic rings. The molecule has 52 heavy (non-hydrogen) atoms. The molecule has 4 rings (SSSR count). The first-order valence-electron chi connectivity index (χ1n) is 16.7. The first kappa shape index (κ1) is 38.8. The summed E-state index contributed by atoms with van der Waals surface area (Å²) in [5.41, 5.74) is 2.22. The zero-order valence-corrected chi connectivity index (χ0v) is 29.8. The number of azo groups is 1. The number of fused-ring (bicyclic) bond motifs is 1. The van der Waals surface area contributed by atoms with Crippen molar-refractivity contribution in [2.24, 2.45) is 10.2 Å². The van der Waals surface area contributed by atoms with Gasteiger partial charge in [0.1, 0.15) is 0 Å². The molecule has 1 heterocycles. The van der Waals surface area contributed by atoms with Crippen molar-refractivity contribution in [3.05, 3.63) is 87.8 Å². The molecule has 0 aliphatic heterocycles. The van der Waals surface area contributed by atoms with Gasteiger partial charge in [-0.25, -0.2) is 4.79 Å². The monoisotopic (exact) mass is 712 g/mol. The van der Waals surface area contributed by atoms with Gasteiger partial charge in [-0.2, -0.15) is 10.2 Å². The maximum absolute atomic E-state index is 13.2. The topological polar surface area (TPSA) is 213 Å². The minimum atomic E-state index is -1.44. The number of rotatable bonds is 17. The maximum Gasteiger partial charge on any atom is 0.323 e. The summed E-state index contributed by atoms with van der Waals surface area (Å²) in [5, 5.41) is 19.1. The molecule has 6 N–H and O–H groups in total. The highest BCUT2D eigenvalue weighted by Gasteiger charge is 2.23. The van der Waals surface area contributed by atoms with E-state index in [1.807, 2.05) is 38.0 Å². The van der Waals surface area contributed by atoms with Crippen LogP contribution in [0.25, 0.3) is 11.0 Å². The van der Waals surface area contributed by atoms with E-state index in [4.69, 9.17) is 0 Å². The van der Waals surface area contributed by atoms with Gasteiger partial charge in [0.25, 0.3) is 23.6 Å². The molecule has 0 saturated carbocycles. The van der Waals surface area contributed by atoms with Gasteiger partial charge < -0.3 is 41.0 Å². The van der Waals surface area contributed by atoms with Crippen LogP contribution in [0.3, 0.4) is 0 Å². The molecule has 16 heteroatoms. The molecule has 3 aromatic carbocycles. The number of aromatic amines is 2. The summed E-state index contributed by atoms with van der Waals surface area (Å²) >= 11 is 0. The quantitative estimate of drug-likeness (QED) is 0.0542. The van der Waals surface area contributed by atoms with E-state index in [1.54, 1.807) is 18.2 Å². The second kappa shape index (κ2) is 18.3. The second-order valence-electron chi connectivity index (χ2n) is 12.7. The lowest BCUT2D eigenvalue weighted by atomic mass is 10.1. The summed E-state index contributed by atoms with van der Waals surface area (Å²) in [7, 11) is 7.78. The molecule has 4 aromatic rings. The smallest absolute Gasteiger partial charge is 0.323 e. The summed E-state index contributed by atoms with van der Waals surface area (Å²) in [5.74, 6) is -2.51. The Kier molecular flexibility index (Phi) is 13.7. The van der Waals surface area contributed by atoms with Crippen molar-refractivity contribution in [2.45, 2.75) is 25.8 Å². The normalized spacial score (nSPS) is 11.9. The molecule has 1 atom stereocenters. The van der Waals surface area contributed by atoms with Crippen LogP contribution < -0.4 is 27.0 Å². The number of Topliss-reactive ketones (excluding diaryl/α,β-unsaturated/α-hetero) is 1. The van der Waals surface area contributed by atoms with E-state index >= 15 is 0 Å². The van der Waals surface area contributed by atoms with Crippen LogP contribution in [0.5, 0.6) is 0 Å². The minimum Gasteiger partial charge on any atom is -0.352 e. The van der Waals surface area contributed by atoms with Crippen molar-refractivity contribution in [1.29, 1.82) is 0 Å². The number of nitrogens with zero attached hydrogens (tertiary/aromatic N) is 4. The van der Waals surface area contributed by atoms with Crippen LogP contribution in [0.15, 0.2) is 75.7 Å². The molecular formula is C36H44N10O6. The fourth-order valence-electron chi connectivity index (χ4n) is 5.01. The lowest BCUT2D eigenvalue weighted by Crippen LogP contribution is -2.31. The lowest BCUT2D eigenvalue weighted by Gasteiger charge is -2.13. The standard InChI is InChI=1S/C36H44N10O6/c1-22(47)31(35(51)39-27-12-13-29-30(21-27)42-36(52)41-29)44-43-26-10-8-23(9-11-26)34(50)40-28-19-24(32(48)37-14-6-16-45(2)3)18-25(20-28)33(49)38-15-7-17-46(4)5/h8-13,18-21,31H,6-7,14-17H2,1-5H3,(H,37,48)(H,38,49)(H,39,51)(H,40,50)(H2,41,42,52). The predicted molar refractivity (Wildman–Crippen MR) is 198 cm³/mol. The number of hydrogen-bond donors (Lipinski definition) is 6. The Bertz CT molecular complexity index is 1950. The lowest BCUT2D eigenvalue weighted by molar-refractivity contribution is -0.126. The molecule has 0 radical (unpaired) electrons. The fourth-order valence-corrected chi connectivity index (χ4v) is 5.01. The number of benzene rings is 3. The molecule has 274 valence electrons. The van der Waals surface area contributed by atoms with Gasteiger partial charge in [-0.05, 0) is 122 Å². The Labute approximate surface area is 300 Å². The highest BCUT2D eigenvalue weighted by atomic mass is 16.2. The first-order chi connectivity index (χ1) is 24.8. The number of nitrogens with one attached hydrogen (secondary N) is 6. The zero-order chi connectivity index (χ0) is 37.8. The maximum atomic E-state index is 13.2. The number of aromatic nitrogens is 2. The van der Waals surface area contributed by atoms with Crippen LogP contribution in [0.4, 0.5) is 17.1 Å². The minimum absolute atomic E-state index is 0.223. The molecule has 4 amide bonds. The zero-order valence-electron chi connectivity index (χ0n) is 29.8. The molecule has 0 aliphatic carbocycles. The Hall–Kier alpha value is -6.00. The van der Waals surface area contributed by atoms with Gasteiger partial charge in [0.15, 0.2) is 5.78 Å². The van der Waals surface area contributed by atoms with E-state index in [0.29, 0.717) is 29.8 Å². The van der Waals surface area contributed by atoms with E-state index in [2.05, 4.69) is 41.5 Å². The van der Waals surface area contributed by atoms with Gasteiger partial charge in [0, 0.05) is 41.2 Å². The number of H-pyrrole nitrogens is 2. The number of hydrogen-bond acceptors (Lipinski definition) is 10. The van der Waals surface area contributed by atoms with Crippen molar-refractivity contribution in [2.75, 3.05) is 65.0 Å². The third-order valence-electron chi connectivity index (χ3n) is 7.69. The average molecular weight is 713 g/mol. The van der Waals surface area contributed by atoms with Crippen molar-refractivity contribution in [1.82, 2.24) is 30.4 Å². The number of imidazole rings is 1. The summed E-state index contributed by atoms with van der Waals surface area (Å²) in [4.78, 5) is 85.2. The van der Waals surface area contributed by atoms with Crippen molar-refractivity contribution in [3.8, 4) is 0 Å². The van der Waals surface area contributed by atoms with Gasteiger partial charge in [-0.15, -0.1) is 0 Å². The molecule has 16 nitrogen and oxygen atoms in total.